The normalized spacial score (nSPS) is 16.9. The summed E-state index contributed by atoms with van der Waals surface area (Å²) in [5.74, 6) is 2.35. The molecule has 1 atom stereocenters. The minimum absolute atomic E-state index is 0.101. The molecule has 136 valence electrons. The van der Waals surface area contributed by atoms with E-state index in [4.69, 9.17) is 0 Å². The van der Waals surface area contributed by atoms with Crippen molar-refractivity contribution in [3.63, 3.8) is 0 Å². The Morgan fingerprint density at radius 1 is 1.12 bits per heavy atom. The van der Waals surface area contributed by atoms with Gasteiger partial charge >= 0.3 is 0 Å². The monoisotopic (exact) mass is 349 g/mol. The van der Waals surface area contributed by atoms with E-state index in [1.165, 1.54) is 49.8 Å². The lowest BCUT2D eigenvalue weighted by Gasteiger charge is -2.21. The van der Waals surface area contributed by atoms with Crippen LogP contribution in [0.5, 0.6) is 0 Å². The summed E-state index contributed by atoms with van der Waals surface area (Å²) in [5, 5.41) is 0. The Hall–Kier alpha value is -0.760. The number of carbonyl (C=O) groups excluding carboxylic acids is 1. The molecule has 2 heteroatoms. The molecule has 0 bridgehead atoms. The highest BCUT2D eigenvalue weighted by Gasteiger charge is 2.38. The first-order valence-electron chi connectivity index (χ1n) is 9.49. The van der Waals surface area contributed by atoms with Crippen LogP contribution in [0, 0.1) is 6.92 Å². The second-order valence-corrected chi connectivity index (χ2v) is 10.4. The average molecular weight is 350 g/mol. The summed E-state index contributed by atoms with van der Waals surface area (Å²) in [4.78, 5) is 11.2. The van der Waals surface area contributed by atoms with E-state index in [9.17, 15) is 4.79 Å². The third-order valence-electron chi connectivity index (χ3n) is 5.38. The van der Waals surface area contributed by atoms with Crippen LogP contribution in [0.1, 0.15) is 83.3 Å². The van der Waals surface area contributed by atoms with Gasteiger partial charge in [0.15, 0.2) is 10.5 Å². The third-order valence-corrected chi connectivity index (χ3v) is 8.43. The fraction of sp³-hybridized carbons (Fsp3) is 0.682. The quantitative estimate of drug-likeness (QED) is 0.591. The number of ketones is 1. The molecule has 0 aromatic heterocycles. The maximum absolute atomic E-state index is 11.2. The van der Waals surface area contributed by atoms with Gasteiger partial charge in [0.2, 0.25) is 0 Å². The minimum atomic E-state index is -0.101. The Balaban J connectivity index is 0.000000245. The van der Waals surface area contributed by atoms with Crippen molar-refractivity contribution < 1.29 is 4.79 Å². The molecule has 24 heavy (non-hydrogen) atoms. The van der Waals surface area contributed by atoms with Crippen LogP contribution >= 0.6 is 0 Å². The lowest BCUT2D eigenvalue weighted by molar-refractivity contribution is -0.118. The maximum Gasteiger partial charge on any atom is 0.184 e. The topological polar surface area (TPSA) is 17.1 Å². The average Bonchev–Trinajstić information content (AvgIpc) is 2.57. The fourth-order valence-electron chi connectivity index (χ4n) is 3.08. The number of carbonyl (C=O) groups is 1. The molecule has 2 rings (SSSR count). The molecule has 0 heterocycles. The van der Waals surface area contributed by atoms with Gasteiger partial charge in [-0.1, -0.05) is 56.0 Å². The first-order valence-corrected chi connectivity index (χ1v) is 11.3. The highest BCUT2D eigenvalue weighted by Crippen LogP contribution is 2.32. The van der Waals surface area contributed by atoms with E-state index >= 15 is 0 Å². The van der Waals surface area contributed by atoms with Crippen molar-refractivity contribution in [2.45, 2.75) is 83.8 Å². The van der Waals surface area contributed by atoms with Gasteiger partial charge in [-0.05, 0) is 69.3 Å². The van der Waals surface area contributed by atoms with Gasteiger partial charge in [0.1, 0.15) is 5.75 Å². The van der Waals surface area contributed by atoms with Gasteiger partial charge in [0, 0.05) is 0 Å². The highest BCUT2D eigenvalue weighted by molar-refractivity contribution is 7.98. The highest BCUT2D eigenvalue weighted by atomic mass is 32.2. The molecule has 1 aromatic carbocycles. The lowest BCUT2D eigenvalue weighted by atomic mass is 9.84. The summed E-state index contributed by atoms with van der Waals surface area (Å²) in [6.45, 7) is 10.1. The second-order valence-electron chi connectivity index (χ2n) is 7.65. The molecule has 1 fully saturated rings. The van der Waals surface area contributed by atoms with Gasteiger partial charge in [-0.3, -0.25) is 4.79 Å². The van der Waals surface area contributed by atoms with Gasteiger partial charge in [-0.2, -0.15) is 0 Å². The molecule has 0 N–H and O–H groups in total. The number of hydrogen-bond donors (Lipinski definition) is 0. The summed E-state index contributed by atoms with van der Waals surface area (Å²) >= 11 is 0. The van der Waals surface area contributed by atoms with E-state index in [0.29, 0.717) is 5.78 Å². The van der Waals surface area contributed by atoms with Crippen LogP contribution in [0.3, 0.4) is 0 Å². The SMILES string of the molecule is CCC[S+](C)C(C)(C)C(C)=O.Cc1ccc(C2CCCCC2)cc1. The number of rotatable bonds is 5. The van der Waals surface area contributed by atoms with E-state index in [1.807, 2.05) is 13.8 Å². The van der Waals surface area contributed by atoms with Crippen LogP contribution in [0.25, 0.3) is 0 Å². The van der Waals surface area contributed by atoms with Crippen molar-refractivity contribution in [1.82, 2.24) is 0 Å². The van der Waals surface area contributed by atoms with Crippen molar-refractivity contribution in [2.24, 2.45) is 0 Å². The zero-order chi connectivity index (χ0) is 18.2. The molecule has 0 amide bonds. The van der Waals surface area contributed by atoms with Crippen LogP contribution < -0.4 is 0 Å². The number of benzene rings is 1. The van der Waals surface area contributed by atoms with Crippen molar-refractivity contribution in [2.75, 3.05) is 12.0 Å². The molecule has 0 aliphatic heterocycles. The van der Waals surface area contributed by atoms with E-state index in [0.717, 1.165) is 5.92 Å². The van der Waals surface area contributed by atoms with E-state index in [2.05, 4.69) is 44.4 Å². The maximum atomic E-state index is 11.2. The van der Waals surface area contributed by atoms with Crippen LogP contribution in [-0.4, -0.2) is 22.5 Å². The number of hydrogen-bond acceptors (Lipinski definition) is 1. The molecule has 1 saturated carbocycles. The van der Waals surface area contributed by atoms with E-state index in [1.54, 1.807) is 12.5 Å². The van der Waals surface area contributed by atoms with E-state index < -0.39 is 0 Å². The standard InChI is InChI=1S/C13H18.C9H19OS/c1-11-7-9-13(10-8-11)12-5-3-2-4-6-12;1-6-7-11(5)9(3,4)8(2)10/h7-10,12H,2-6H2,1H3;6-7H2,1-5H3/q;+1. The molecule has 1 unspecified atom stereocenters. The predicted molar refractivity (Wildman–Crippen MR) is 110 cm³/mol. The number of Topliss-reactive ketones (excluding diaryl/α,β-unsaturated/α-hetero) is 1. The molecule has 1 aliphatic carbocycles. The van der Waals surface area contributed by atoms with Crippen molar-refractivity contribution >= 4 is 16.7 Å². The summed E-state index contributed by atoms with van der Waals surface area (Å²) in [5.41, 5.74) is 2.94. The van der Waals surface area contributed by atoms with Gasteiger partial charge in [0.25, 0.3) is 0 Å². The summed E-state index contributed by atoms with van der Waals surface area (Å²) in [6.07, 6.45) is 10.5. The smallest absolute Gasteiger partial charge is 0.184 e. The van der Waals surface area contributed by atoms with E-state index in [-0.39, 0.29) is 15.6 Å². The first-order chi connectivity index (χ1) is 11.3. The Labute approximate surface area is 153 Å². The zero-order valence-electron chi connectivity index (χ0n) is 16.7. The molecular formula is C22H37OS+. The third kappa shape index (κ3) is 6.63. The van der Waals surface area contributed by atoms with Crippen LogP contribution in [0.15, 0.2) is 24.3 Å². The Morgan fingerprint density at radius 2 is 1.67 bits per heavy atom. The minimum Gasteiger partial charge on any atom is -0.294 e. The Kier molecular flexibility index (Phi) is 9.12. The van der Waals surface area contributed by atoms with Crippen LogP contribution in [0.2, 0.25) is 0 Å². The zero-order valence-corrected chi connectivity index (χ0v) is 17.5. The first kappa shape index (κ1) is 21.3. The van der Waals surface area contributed by atoms with Gasteiger partial charge < -0.3 is 0 Å². The van der Waals surface area contributed by atoms with Gasteiger partial charge in [0.05, 0.1) is 6.26 Å². The van der Waals surface area contributed by atoms with Crippen molar-refractivity contribution in [3.8, 4) is 0 Å². The molecule has 0 spiro atoms. The second kappa shape index (κ2) is 10.3. The summed E-state index contributed by atoms with van der Waals surface area (Å²) < 4.78 is -0.101. The van der Waals surface area contributed by atoms with Crippen molar-refractivity contribution in [1.29, 1.82) is 0 Å². The molecular weight excluding hydrogens is 312 g/mol. The fourth-order valence-corrected chi connectivity index (χ4v) is 4.69. The van der Waals surface area contributed by atoms with Crippen molar-refractivity contribution in [3.05, 3.63) is 35.4 Å². The Morgan fingerprint density at radius 3 is 2.12 bits per heavy atom. The van der Waals surface area contributed by atoms with Gasteiger partial charge in [-0.15, -0.1) is 0 Å². The molecule has 0 saturated heterocycles. The summed E-state index contributed by atoms with van der Waals surface area (Å²) in [6, 6.07) is 9.10. The van der Waals surface area contributed by atoms with Crippen LogP contribution in [-0.2, 0) is 15.7 Å². The molecule has 0 radical (unpaired) electrons. The van der Waals surface area contributed by atoms with Gasteiger partial charge in [-0.25, -0.2) is 0 Å². The predicted octanol–water partition coefficient (Wildman–Crippen LogP) is 6.05. The molecule has 1 aliphatic rings. The lowest BCUT2D eigenvalue weighted by Crippen LogP contribution is -2.39. The molecule has 1 aromatic rings. The number of aryl methyl sites for hydroxylation is 1. The largest absolute Gasteiger partial charge is 0.294 e. The summed E-state index contributed by atoms with van der Waals surface area (Å²) in [7, 11) is 0.240. The molecule has 1 nitrogen and oxygen atoms in total. The Bertz CT molecular complexity index is 483. The van der Waals surface area contributed by atoms with Crippen LogP contribution in [0.4, 0.5) is 0 Å².